The van der Waals surface area contributed by atoms with Gasteiger partial charge in [-0.3, -0.25) is 9.36 Å². The molecule has 1 aromatic heterocycles. The molecule has 4 nitrogen and oxygen atoms in total. The number of aromatic nitrogens is 2. The van der Waals surface area contributed by atoms with Gasteiger partial charge in [0.25, 0.3) is 5.56 Å². The Morgan fingerprint density at radius 2 is 2.29 bits per heavy atom. The molecule has 0 aliphatic rings. The zero-order chi connectivity index (χ0) is 15.6. The molecule has 1 aromatic carbocycles. The third-order valence-electron chi connectivity index (χ3n) is 2.78. The van der Waals surface area contributed by atoms with E-state index >= 15 is 0 Å². The number of aliphatic hydroxyl groups is 1. The average molecular weight is 369 g/mol. The first-order valence-corrected chi connectivity index (χ1v) is 8.31. The molecule has 0 unspecified atom stereocenters. The van der Waals surface area contributed by atoms with Gasteiger partial charge in [-0.2, -0.15) is 0 Å². The van der Waals surface area contributed by atoms with Gasteiger partial charge in [0.2, 0.25) is 0 Å². The number of aliphatic hydroxyl groups excluding tert-OH is 1. The molecule has 1 heterocycles. The number of thioether (sulfide) groups is 1. The van der Waals surface area contributed by atoms with Crippen LogP contribution in [-0.4, -0.2) is 26.5 Å². The molecule has 0 fully saturated rings. The van der Waals surface area contributed by atoms with Crippen LogP contribution in [0, 0.1) is 0 Å². The van der Waals surface area contributed by atoms with Crippen molar-refractivity contribution in [1.82, 2.24) is 9.55 Å². The van der Waals surface area contributed by atoms with E-state index in [1.807, 2.05) is 19.1 Å². The molecule has 2 aromatic rings. The lowest BCUT2D eigenvalue weighted by Crippen LogP contribution is -2.28. The summed E-state index contributed by atoms with van der Waals surface area (Å²) in [6, 6.07) is 5.44. The van der Waals surface area contributed by atoms with Crippen LogP contribution in [-0.2, 0) is 6.54 Å². The van der Waals surface area contributed by atoms with Gasteiger partial charge in [0.15, 0.2) is 5.16 Å². The second-order valence-electron chi connectivity index (χ2n) is 5.07. The smallest absolute Gasteiger partial charge is 0.262 e. The third kappa shape index (κ3) is 3.96. The number of fused-ring (bicyclic) bond motifs is 1. The van der Waals surface area contributed by atoms with Gasteiger partial charge in [-0.15, -0.1) is 0 Å². The van der Waals surface area contributed by atoms with E-state index in [2.05, 4.69) is 27.5 Å². The summed E-state index contributed by atoms with van der Waals surface area (Å²) in [5.41, 5.74) is 1.54. The Morgan fingerprint density at radius 3 is 2.90 bits per heavy atom. The molecule has 0 aliphatic heterocycles. The summed E-state index contributed by atoms with van der Waals surface area (Å²) in [6.45, 7) is 7.68. The first kappa shape index (κ1) is 16.3. The molecule has 112 valence electrons. The van der Waals surface area contributed by atoms with Crippen LogP contribution in [0.3, 0.4) is 0 Å². The molecular weight excluding hydrogens is 352 g/mol. The number of hydrogen-bond acceptors (Lipinski definition) is 4. The summed E-state index contributed by atoms with van der Waals surface area (Å²) in [5, 5.41) is 10.8. The molecule has 2 rings (SSSR count). The molecular formula is C15H17BrN2O2S. The highest BCUT2D eigenvalue weighted by Crippen LogP contribution is 2.21. The summed E-state index contributed by atoms with van der Waals surface area (Å²) < 4.78 is 2.37. The predicted molar refractivity (Wildman–Crippen MR) is 90.9 cm³/mol. The minimum atomic E-state index is -0.613. The van der Waals surface area contributed by atoms with Crippen molar-refractivity contribution < 1.29 is 5.11 Å². The molecule has 21 heavy (non-hydrogen) atoms. The Balaban J connectivity index is 2.61. The van der Waals surface area contributed by atoms with Gasteiger partial charge >= 0.3 is 0 Å². The maximum Gasteiger partial charge on any atom is 0.262 e. The Hall–Kier alpha value is -1.11. The SMILES string of the molecule is C=C(C)CSc1nc2ccc(Br)cc2c(=O)n1C[C@@H](C)O. The van der Waals surface area contributed by atoms with Gasteiger partial charge in [0.05, 0.1) is 23.6 Å². The molecule has 0 amide bonds. The molecule has 0 radical (unpaired) electrons. The summed E-state index contributed by atoms with van der Waals surface area (Å²) >= 11 is 4.83. The third-order valence-corrected chi connectivity index (χ3v) is 4.48. The van der Waals surface area contributed by atoms with E-state index in [-0.39, 0.29) is 12.1 Å². The summed E-state index contributed by atoms with van der Waals surface area (Å²) in [5.74, 6) is 0.689. The number of hydrogen-bond donors (Lipinski definition) is 1. The van der Waals surface area contributed by atoms with Crippen molar-refractivity contribution in [2.75, 3.05) is 5.75 Å². The van der Waals surface area contributed by atoms with Crippen LogP contribution in [0.2, 0.25) is 0 Å². The normalized spacial score (nSPS) is 12.6. The molecule has 0 bridgehead atoms. The summed E-state index contributed by atoms with van der Waals surface area (Å²) in [6.07, 6.45) is -0.613. The molecule has 0 saturated heterocycles. The van der Waals surface area contributed by atoms with E-state index in [1.165, 1.54) is 16.3 Å². The predicted octanol–water partition coefficient (Wildman–Crippen LogP) is 3.21. The topological polar surface area (TPSA) is 55.1 Å². The number of benzene rings is 1. The minimum Gasteiger partial charge on any atom is -0.392 e. The highest BCUT2D eigenvalue weighted by Gasteiger charge is 2.13. The van der Waals surface area contributed by atoms with Gasteiger partial charge < -0.3 is 5.11 Å². The second kappa shape index (κ2) is 6.77. The van der Waals surface area contributed by atoms with Crippen LogP contribution in [0.1, 0.15) is 13.8 Å². The van der Waals surface area contributed by atoms with E-state index in [4.69, 9.17) is 0 Å². The van der Waals surface area contributed by atoms with Gasteiger partial charge in [0, 0.05) is 10.2 Å². The quantitative estimate of drug-likeness (QED) is 0.500. The molecule has 6 heteroatoms. The number of nitrogens with zero attached hydrogens (tertiary/aromatic N) is 2. The molecule has 0 saturated carbocycles. The van der Waals surface area contributed by atoms with Crippen molar-refractivity contribution in [2.45, 2.75) is 31.7 Å². The van der Waals surface area contributed by atoms with E-state index in [9.17, 15) is 9.90 Å². The zero-order valence-electron chi connectivity index (χ0n) is 12.0. The van der Waals surface area contributed by atoms with Crippen LogP contribution >= 0.6 is 27.7 Å². The van der Waals surface area contributed by atoms with Crippen molar-refractivity contribution in [1.29, 1.82) is 0 Å². The van der Waals surface area contributed by atoms with Crippen LogP contribution in [0.4, 0.5) is 0 Å². The Bertz CT molecular complexity index is 740. The lowest BCUT2D eigenvalue weighted by molar-refractivity contribution is 0.168. The maximum absolute atomic E-state index is 12.6. The first-order valence-electron chi connectivity index (χ1n) is 6.54. The summed E-state index contributed by atoms with van der Waals surface area (Å²) in [7, 11) is 0. The second-order valence-corrected chi connectivity index (χ2v) is 6.92. The first-order chi connectivity index (χ1) is 9.88. The highest BCUT2D eigenvalue weighted by molar-refractivity contribution is 9.10. The zero-order valence-corrected chi connectivity index (χ0v) is 14.4. The number of halogens is 1. The van der Waals surface area contributed by atoms with Gasteiger partial charge in [-0.05, 0) is 32.0 Å². The molecule has 1 N–H and O–H groups in total. The van der Waals surface area contributed by atoms with Crippen molar-refractivity contribution in [3.8, 4) is 0 Å². The lowest BCUT2D eigenvalue weighted by Gasteiger charge is -2.14. The van der Waals surface area contributed by atoms with E-state index in [1.54, 1.807) is 13.0 Å². The Kier molecular flexibility index (Phi) is 5.24. The maximum atomic E-state index is 12.6. The van der Waals surface area contributed by atoms with Crippen LogP contribution in [0.5, 0.6) is 0 Å². The summed E-state index contributed by atoms with van der Waals surface area (Å²) in [4.78, 5) is 17.2. The Labute approximate surface area is 136 Å². The number of rotatable bonds is 5. The van der Waals surface area contributed by atoms with E-state index < -0.39 is 6.10 Å². The fraction of sp³-hybridized carbons (Fsp3) is 0.333. The fourth-order valence-electron chi connectivity index (χ4n) is 1.90. The van der Waals surface area contributed by atoms with E-state index in [0.717, 1.165) is 10.0 Å². The average Bonchev–Trinajstić information content (AvgIpc) is 2.40. The highest BCUT2D eigenvalue weighted by atomic mass is 79.9. The van der Waals surface area contributed by atoms with Gasteiger partial charge in [0.1, 0.15) is 0 Å². The largest absolute Gasteiger partial charge is 0.392 e. The molecule has 0 aliphatic carbocycles. The van der Waals surface area contributed by atoms with Crippen LogP contribution in [0.15, 0.2) is 44.8 Å². The Morgan fingerprint density at radius 1 is 1.57 bits per heavy atom. The van der Waals surface area contributed by atoms with E-state index in [0.29, 0.717) is 21.8 Å². The van der Waals surface area contributed by atoms with Crippen LogP contribution < -0.4 is 5.56 Å². The standard InChI is InChI=1S/C15H17BrN2O2S/c1-9(2)8-21-15-17-13-5-4-11(16)6-12(13)14(20)18(15)7-10(3)19/h4-6,10,19H,1,7-8H2,2-3H3/t10-/m1/s1. The van der Waals surface area contributed by atoms with Crippen molar-refractivity contribution in [3.05, 3.63) is 45.2 Å². The monoisotopic (exact) mass is 368 g/mol. The fourth-order valence-corrected chi connectivity index (χ4v) is 3.11. The molecule has 0 spiro atoms. The van der Waals surface area contributed by atoms with Crippen molar-refractivity contribution in [2.24, 2.45) is 0 Å². The van der Waals surface area contributed by atoms with Gasteiger partial charge in [-0.25, -0.2) is 4.98 Å². The van der Waals surface area contributed by atoms with Crippen molar-refractivity contribution >= 4 is 38.6 Å². The van der Waals surface area contributed by atoms with Gasteiger partial charge in [-0.1, -0.05) is 39.8 Å². The molecule has 1 atom stereocenters. The lowest BCUT2D eigenvalue weighted by atomic mass is 10.2. The van der Waals surface area contributed by atoms with Crippen LogP contribution in [0.25, 0.3) is 10.9 Å². The minimum absolute atomic E-state index is 0.133. The van der Waals surface area contributed by atoms with Crippen molar-refractivity contribution in [3.63, 3.8) is 0 Å².